The second-order valence-corrected chi connectivity index (χ2v) is 5.07. The van der Waals surface area contributed by atoms with Crippen molar-refractivity contribution in [1.82, 2.24) is 0 Å². The van der Waals surface area contributed by atoms with Crippen LogP contribution in [-0.4, -0.2) is 18.3 Å². The third-order valence-electron chi connectivity index (χ3n) is 3.69. The number of benzene rings is 2. The van der Waals surface area contributed by atoms with Crippen LogP contribution in [0.25, 0.3) is 11.1 Å². The van der Waals surface area contributed by atoms with Gasteiger partial charge in [0.15, 0.2) is 0 Å². The van der Waals surface area contributed by atoms with Gasteiger partial charge >= 0.3 is 5.97 Å². The fraction of sp³-hybridized carbons (Fsp3) is 0.222. The molecule has 0 N–H and O–H groups in total. The molecule has 1 aliphatic rings. The second kappa shape index (κ2) is 5.52. The number of rotatable bonds is 3. The van der Waals surface area contributed by atoms with Crippen molar-refractivity contribution < 1.29 is 9.53 Å². The van der Waals surface area contributed by atoms with Crippen molar-refractivity contribution in [3.8, 4) is 11.1 Å². The molecule has 3 rings (SSSR count). The van der Waals surface area contributed by atoms with Crippen molar-refractivity contribution in [3.63, 3.8) is 0 Å². The molecule has 1 heterocycles. The largest absolute Gasteiger partial charge is 0.462 e. The van der Waals surface area contributed by atoms with E-state index in [4.69, 9.17) is 4.74 Å². The summed E-state index contributed by atoms with van der Waals surface area (Å²) in [4.78, 5) is 16.3. The molecule has 0 unspecified atom stereocenters. The maximum atomic E-state index is 11.8. The average molecular weight is 279 g/mol. The van der Waals surface area contributed by atoms with Crippen LogP contribution >= 0.6 is 0 Å². The van der Waals surface area contributed by atoms with E-state index in [2.05, 4.69) is 23.2 Å². The normalized spacial score (nSPS) is 12.8. The molecule has 21 heavy (non-hydrogen) atoms. The first-order chi connectivity index (χ1) is 10.2. The van der Waals surface area contributed by atoms with Gasteiger partial charge in [0.25, 0.3) is 0 Å². The fourth-order valence-electron chi connectivity index (χ4n) is 2.56. The Morgan fingerprint density at radius 2 is 2.00 bits per heavy atom. The molecule has 3 heteroatoms. The summed E-state index contributed by atoms with van der Waals surface area (Å²) in [7, 11) is 0. The van der Waals surface area contributed by atoms with E-state index in [0.717, 1.165) is 23.4 Å². The SMILES string of the molecule is CCOC(=O)c1cccc(-c2ccc3c(c2)C(C)=NC3)c1. The molecule has 1 aliphatic heterocycles. The summed E-state index contributed by atoms with van der Waals surface area (Å²) in [5, 5.41) is 0. The summed E-state index contributed by atoms with van der Waals surface area (Å²) in [5.41, 5.74) is 6.24. The van der Waals surface area contributed by atoms with Crippen LogP contribution in [0, 0.1) is 0 Å². The number of ether oxygens (including phenoxy) is 1. The van der Waals surface area contributed by atoms with Crippen molar-refractivity contribution in [2.24, 2.45) is 4.99 Å². The lowest BCUT2D eigenvalue weighted by atomic mass is 9.97. The van der Waals surface area contributed by atoms with Crippen LogP contribution in [-0.2, 0) is 11.3 Å². The zero-order chi connectivity index (χ0) is 14.8. The second-order valence-electron chi connectivity index (χ2n) is 5.07. The first kappa shape index (κ1) is 13.6. The Morgan fingerprint density at radius 1 is 1.19 bits per heavy atom. The Bertz CT molecular complexity index is 732. The number of carbonyl (C=O) groups excluding carboxylic acids is 1. The number of hydrogen-bond donors (Lipinski definition) is 0. The van der Waals surface area contributed by atoms with Gasteiger partial charge in [-0.1, -0.05) is 24.3 Å². The number of hydrogen-bond acceptors (Lipinski definition) is 3. The highest BCUT2D eigenvalue weighted by Crippen LogP contribution is 2.27. The van der Waals surface area contributed by atoms with Crippen molar-refractivity contribution in [2.45, 2.75) is 20.4 Å². The van der Waals surface area contributed by atoms with E-state index in [0.29, 0.717) is 12.2 Å². The van der Waals surface area contributed by atoms with Crippen LogP contribution in [0.2, 0.25) is 0 Å². The summed E-state index contributed by atoms with van der Waals surface area (Å²) < 4.78 is 5.05. The molecule has 0 aromatic heterocycles. The molecule has 106 valence electrons. The highest BCUT2D eigenvalue weighted by molar-refractivity contribution is 6.03. The lowest BCUT2D eigenvalue weighted by Crippen LogP contribution is -2.04. The van der Waals surface area contributed by atoms with Crippen LogP contribution in [0.5, 0.6) is 0 Å². The first-order valence-corrected chi connectivity index (χ1v) is 7.11. The summed E-state index contributed by atoms with van der Waals surface area (Å²) in [5.74, 6) is -0.279. The summed E-state index contributed by atoms with van der Waals surface area (Å²) in [6, 6.07) is 13.9. The number of nitrogens with zero attached hydrogens (tertiary/aromatic N) is 1. The van der Waals surface area contributed by atoms with Crippen LogP contribution in [0.3, 0.4) is 0 Å². The molecule has 0 radical (unpaired) electrons. The van der Waals surface area contributed by atoms with E-state index in [1.54, 1.807) is 6.07 Å². The summed E-state index contributed by atoms with van der Waals surface area (Å²) >= 11 is 0. The van der Waals surface area contributed by atoms with Gasteiger partial charge in [0.2, 0.25) is 0 Å². The third-order valence-corrected chi connectivity index (χ3v) is 3.69. The highest BCUT2D eigenvalue weighted by Gasteiger charge is 2.14. The first-order valence-electron chi connectivity index (χ1n) is 7.11. The minimum Gasteiger partial charge on any atom is -0.462 e. The third kappa shape index (κ3) is 2.59. The predicted molar refractivity (Wildman–Crippen MR) is 83.7 cm³/mol. The predicted octanol–water partition coefficient (Wildman–Crippen LogP) is 3.85. The maximum Gasteiger partial charge on any atom is 0.338 e. The van der Waals surface area contributed by atoms with Gasteiger partial charge in [-0.15, -0.1) is 0 Å². The van der Waals surface area contributed by atoms with Crippen molar-refractivity contribution in [2.75, 3.05) is 6.61 Å². The van der Waals surface area contributed by atoms with Crippen molar-refractivity contribution >= 4 is 11.7 Å². The van der Waals surface area contributed by atoms with Gasteiger partial charge in [0, 0.05) is 11.3 Å². The number of esters is 1. The number of fused-ring (bicyclic) bond motifs is 1. The monoisotopic (exact) mass is 279 g/mol. The van der Waals surface area contributed by atoms with Gasteiger partial charge in [-0.3, -0.25) is 4.99 Å². The lowest BCUT2D eigenvalue weighted by molar-refractivity contribution is 0.0526. The Kier molecular flexibility index (Phi) is 3.57. The number of aliphatic imine (C=N–C) groups is 1. The Labute approximate surface area is 124 Å². The van der Waals surface area contributed by atoms with Crippen molar-refractivity contribution in [1.29, 1.82) is 0 Å². The molecule has 2 aromatic rings. The van der Waals surface area contributed by atoms with Crippen LogP contribution in [0.15, 0.2) is 47.5 Å². The van der Waals surface area contributed by atoms with E-state index in [-0.39, 0.29) is 5.97 Å². The highest BCUT2D eigenvalue weighted by atomic mass is 16.5. The smallest absolute Gasteiger partial charge is 0.338 e. The Morgan fingerprint density at radius 3 is 2.81 bits per heavy atom. The topological polar surface area (TPSA) is 38.7 Å². The van der Waals surface area contributed by atoms with E-state index in [1.807, 2.05) is 32.0 Å². The maximum absolute atomic E-state index is 11.8. The van der Waals surface area contributed by atoms with Crippen LogP contribution in [0.4, 0.5) is 0 Å². The van der Waals surface area contributed by atoms with Gasteiger partial charge < -0.3 is 4.74 Å². The lowest BCUT2D eigenvalue weighted by Gasteiger charge is -2.08. The molecule has 3 nitrogen and oxygen atoms in total. The van der Waals surface area contributed by atoms with Gasteiger partial charge in [0.05, 0.1) is 18.7 Å². The zero-order valence-corrected chi connectivity index (χ0v) is 12.2. The fourth-order valence-corrected chi connectivity index (χ4v) is 2.56. The zero-order valence-electron chi connectivity index (χ0n) is 12.2. The molecule has 0 fully saturated rings. The van der Waals surface area contributed by atoms with E-state index < -0.39 is 0 Å². The van der Waals surface area contributed by atoms with E-state index in [9.17, 15) is 4.79 Å². The number of carbonyl (C=O) groups is 1. The summed E-state index contributed by atoms with van der Waals surface area (Å²) in [6.07, 6.45) is 0. The van der Waals surface area contributed by atoms with Crippen molar-refractivity contribution in [3.05, 3.63) is 59.2 Å². The molecule has 0 aliphatic carbocycles. The summed E-state index contributed by atoms with van der Waals surface area (Å²) in [6.45, 7) is 5.00. The molecule has 0 spiro atoms. The van der Waals surface area contributed by atoms with Crippen LogP contribution in [0.1, 0.15) is 35.3 Å². The molecule has 0 saturated heterocycles. The van der Waals surface area contributed by atoms with Gasteiger partial charge in [-0.2, -0.15) is 0 Å². The van der Waals surface area contributed by atoms with E-state index in [1.165, 1.54) is 11.1 Å². The molecular formula is C18H17NO2. The van der Waals surface area contributed by atoms with Crippen LogP contribution < -0.4 is 0 Å². The molecule has 0 amide bonds. The molecule has 2 aromatic carbocycles. The minimum absolute atomic E-state index is 0.279. The molecule has 0 bridgehead atoms. The molecule has 0 atom stereocenters. The standard InChI is InChI=1S/C18H17NO2/c1-3-21-18(20)15-6-4-5-13(9-15)14-7-8-16-11-19-12(2)17(16)10-14/h4-10H,3,11H2,1-2H3. The molecular weight excluding hydrogens is 262 g/mol. The average Bonchev–Trinajstić information content (AvgIpc) is 2.89. The van der Waals surface area contributed by atoms with Gasteiger partial charge in [-0.25, -0.2) is 4.79 Å². The Balaban J connectivity index is 1.98. The molecule has 0 saturated carbocycles. The Hall–Kier alpha value is -2.42. The van der Waals surface area contributed by atoms with Gasteiger partial charge in [0.1, 0.15) is 0 Å². The van der Waals surface area contributed by atoms with E-state index >= 15 is 0 Å². The quantitative estimate of drug-likeness (QED) is 0.800. The van der Waals surface area contributed by atoms with Gasteiger partial charge in [-0.05, 0) is 48.7 Å². The minimum atomic E-state index is -0.279.